The molecule has 2 amide bonds. The number of carbonyl (C=O) groups is 2. The lowest BCUT2D eigenvalue weighted by atomic mass is 9.97. The van der Waals surface area contributed by atoms with E-state index in [1.54, 1.807) is 31.6 Å². The van der Waals surface area contributed by atoms with Gasteiger partial charge in [-0.1, -0.05) is 74.9 Å². The van der Waals surface area contributed by atoms with E-state index in [-0.39, 0.29) is 30.2 Å². The Hall–Kier alpha value is -4.44. The van der Waals surface area contributed by atoms with E-state index in [4.69, 9.17) is 5.26 Å². The number of rotatable bonds is 11. The highest BCUT2D eigenvalue weighted by molar-refractivity contribution is 5.86. The maximum absolute atomic E-state index is 13.2. The molecule has 2 atom stereocenters. The standard InChI is InChI=1S/C32H35N5O2/c1-4-23(2)31(21-36(24(3)38)20-28-10-7-9-27-8-5-6-11-30(27)28)35-32(39)16-29-18-34-22-37(29)19-26-14-12-25(17-33)13-15-26/h5-15,18,22-23,31H,4,16,19-21H2,1-3H3,(H,35,39)/t23-,31+/m0/s1. The van der Waals surface area contributed by atoms with E-state index in [0.29, 0.717) is 25.2 Å². The molecule has 0 bridgehead atoms. The summed E-state index contributed by atoms with van der Waals surface area (Å²) in [6.45, 7) is 7.27. The molecule has 0 saturated heterocycles. The van der Waals surface area contributed by atoms with Crippen LogP contribution in [0.4, 0.5) is 0 Å². The topological polar surface area (TPSA) is 91.0 Å². The summed E-state index contributed by atoms with van der Waals surface area (Å²) in [4.78, 5) is 32.0. The highest BCUT2D eigenvalue weighted by atomic mass is 16.2. The third-order valence-corrected chi connectivity index (χ3v) is 7.36. The van der Waals surface area contributed by atoms with Crippen LogP contribution in [0.3, 0.4) is 0 Å². The molecular formula is C32H35N5O2. The molecule has 7 heteroatoms. The van der Waals surface area contributed by atoms with Crippen molar-refractivity contribution in [2.45, 2.75) is 52.7 Å². The van der Waals surface area contributed by atoms with Crippen molar-refractivity contribution >= 4 is 22.6 Å². The maximum Gasteiger partial charge on any atom is 0.226 e. The number of nitriles is 1. The van der Waals surface area contributed by atoms with Gasteiger partial charge in [-0.2, -0.15) is 5.26 Å². The van der Waals surface area contributed by atoms with Crippen LogP contribution in [-0.4, -0.2) is 38.9 Å². The second kappa shape index (κ2) is 12.9. The first-order valence-corrected chi connectivity index (χ1v) is 13.4. The molecule has 4 aromatic rings. The molecule has 0 unspecified atom stereocenters. The molecule has 1 aromatic heterocycles. The van der Waals surface area contributed by atoms with Gasteiger partial charge in [0, 0.05) is 44.5 Å². The monoisotopic (exact) mass is 521 g/mol. The average molecular weight is 522 g/mol. The Morgan fingerprint density at radius 2 is 1.82 bits per heavy atom. The summed E-state index contributed by atoms with van der Waals surface area (Å²) in [5.74, 6) is 0.0633. The average Bonchev–Trinajstić information content (AvgIpc) is 3.38. The van der Waals surface area contributed by atoms with Gasteiger partial charge in [-0.3, -0.25) is 9.59 Å². The van der Waals surface area contributed by atoms with Crippen LogP contribution in [0, 0.1) is 17.2 Å². The number of benzene rings is 3. The molecule has 0 aliphatic heterocycles. The number of fused-ring (bicyclic) bond motifs is 1. The van der Waals surface area contributed by atoms with Crippen LogP contribution in [0.2, 0.25) is 0 Å². The molecule has 1 heterocycles. The van der Waals surface area contributed by atoms with Crippen molar-refractivity contribution < 1.29 is 9.59 Å². The number of hydrogen-bond acceptors (Lipinski definition) is 4. The summed E-state index contributed by atoms with van der Waals surface area (Å²) in [5.41, 5.74) is 3.53. The minimum Gasteiger partial charge on any atom is -0.351 e. The Labute approximate surface area is 230 Å². The van der Waals surface area contributed by atoms with Gasteiger partial charge in [-0.25, -0.2) is 4.98 Å². The fourth-order valence-corrected chi connectivity index (χ4v) is 4.77. The summed E-state index contributed by atoms with van der Waals surface area (Å²) >= 11 is 0. The first-order chi connectivity index (χ1) is 18.9. The Balaban J connectivity index is 1.45. The van der Waals surface area contributed by atoms with E-state index in [1.165, 1.54) is 0 Å². The lowest BCUT2D eigenvalue weighted by Gasteiger charge is -2.31. The van der Waals surface area contributed by atoms with Crippen molar-refractivity contribution in [2.24, 2.45) is 5.92 Å². The number of amides is 2. The number of aromatic nitrogens is 2. The van der Waals surface area contributed by atoms with Crippen molar-refractivity contribution in [1.82, 2.24) is 19.8 Å². The van der Waals surface area contributed by atoms with Gasteiger partial charge in [0.25, 0.3) is 0 Å². The number of imidazole rings is 1. The zero-order chi connectivity index (χ0) is 27.8. The van der Waals surface area contributed by atoms with Crippen LogP contribution in [0.5, 0.6) is 0 Å². The van der Waals surface area contributed by atoms with Crippen molar-refractivity contribution in [2.75, 3.05) is 6.54 Å². The van der Waals surface area contributed by atoms with Crippen molar-refractivity contribution in [3.05, 3.63) is 102 Å². The summed E-state index contributed by atoms with van der Waals surface area (Å²) < 4.78 is 1.95. The van der Waals surface area contributed by atoms with Gasteiger partial charge in [0.05, 0.1) is 24.4 Å². The molecule has 3 aromatic carbocycles. The highest BCUT2D eigenvalue weighted by Crippen LogP contribution is 2.21. The van der Waals surface area contributed by atoms with Gasteiger partial charge >= 0.3 is 0 Å². The summed E-state index contributed by atoms with van der Waals surface area (Å²) in [6, 6.07) is 23.7. The minimum absolute atomic E-state index is 0.0222. The van der Waals surface area contributed by atoms with E-state index in [2.05, 4.69) is 54.5 Å². The van der Waals surface area contributed by atoms with E-state index in [9.17, 15) is 9.59 Å². The molecule has 0 aliphatic rings. The molecule has 0 aliphatic carbocycles. The largest absolute Gasteiger partial charge is 0.351 e. The SMILES string of the molecule is CC[C@H](C)[C@@H](CN(Cc1cccc2ccccc12)C(C)=O)NC(=O)Cc1cncn1Cc1ccc(C#N)cc1. The Morgan fingerprint density at radius 1 is 1.08 bits per heavy atom. The number of carbonyl (C=O) groups excluding carboxylic acids is 2. The Bertz CT molecular complexity index is 1460. The third kappa shape index (κ3) is 7.11. The zero-order valence-corrected chi connectivity index (χ0v) is 22.8. The van der Waals surface area contributed by atoms with Crippen LogP contribution >= 0.6 is 0 Å². The zero-order valence-electron chi connectivity index (χ0n) is 22.8. The van der Waals surface area contributed by atoms with Gasteiger partial charge in [-0.15, -0.1) is 0 Å². The van der Waals surface area contributed by atoms with Crippen LogP contribution in [0.25, 0.3) is 10.8 Å². The van der Waals surface area contributed by atoms with Crippen LogP contribution in [0.15, 0.2) is 79.3 Å². The predicted molar refractivity (Wildman–Crippen MR) is 153 cm³/mol. The van der Waals surface area contributed by atoms with Gasteiger partial charge in [-0.05, 0) is 39.9 Å². The highest BCUT2D eigenvalue weighted by Gasteiger charge is 2.24. The van der Waals surface area contributed by atoms with Gasteiger partial charge in [0.2, 0.25) is 11.8 Å². The molecule has 7 nitrogen and oxygen atoms in total. The number of hydrogen-bond donors (Lipinski definition) is 1. The maximum atomic E-state index is 13.2. The molecule has 4 rings (SSSR count). The van der Waals surface area contributed by atoms with Gasteiger partial charge in [0.1, 0.15) is 0 Å². The van der Waals surface area contributed by atoms with E-state index >= 15 is 0 Å². The van der Waals surface area contributed by atoms with Crippen molar-refractivity contribution in [3.8, 4) is 6.07 Å². The molecule has 0 fully saturated rings. The lowest BCUT2D eigenvalue weighted by Crippen LogP contribution is -2.48. The van der Waals surface area contributed by atoms with Crippen LogP contribution in [-0.2, 0) is 29.1 Å². The summed E-state index contributed by atoms with van der Waals surface area (Å²) in [5, 5.41) is 14.5. The van der Waals surface area contributed by atoms with Crippen molar-refractivity contribution in [1.29, 1.82) is 5.26 Å². The molecular weight excluding hydrogens is 486 g/mol. The minimum atomic E-state index is -0.184. The second-order valence-electron chi connectivity index (χ2n) is 10.1. The van der Waals surface area contributed by atoms with Gasteiger partial charge in [0.15, 0.2) is 0 Å². The second-order valence-corrected chi connectivity index (χ2v) is 10.1. The quantitative estimate of drug-likeness (QED) is 0.298. The first kappa shape index (κ1) is 27.6. The van der Waals surface area contributed by atoms with Gasteiger partial charge < -0.3 is 14.8 Å². The first-order valence-electron chi connectivity index (χ1n) is 13.4. The van der Waals surface area contributed by atoms with Crippen LogP contribution < -0.4 is 5.32 Å². The fourth-order valence-electron chi connectivity index (χ4n) is 4.77. The molecule has 0 saturated carbocycles. The van der Waals surface area contributed by atoms with E-state index in [1.807, 2.05) is 39.8 Å². The molecule has 0 spiro atoms. The number of nitrogens with one attached hydrogen (secondary N) is 1. The third-order valence-electron chi connectivity index (χ3n) is 7.36. The predicted octanol–water partition coefficient (Wildman–Crippen LogP) is 5.08. The molecule has 1 N–H and O–H groups in total. The van der Waals surface area contributed by atoms with Crippen LogP contribution in [0.1, 0.15) is 49.6 Å². The normalized spacial score (nSPS) is 12.5. The van der Waals surface area contributed by atoms with E-state index in [0.717, 1.165) is 34.0 Å². The Kier molecular flexibility index (Phi) is 9.11. The van der Waals surface area contributed by atoms with Crippen molar-refractivity contribution in [3.63, 3.8) is 0 Å². The lowest BCUT2D eigenvalue weighted by molar-refractivity contribution is -0.131. The molecule has 39 heavy (non-hydrogen) atoms. The number of nitrogens with zero attached hydrogens (tertiary/aromatic N) is 4. The fraction of sp³-hybridized carbons (Fsp3) is 0.312. The summed E-state index contributed by atoms with van der Waals surface area (Å²) in [6.07, 6.45) is 4.49. The molecule has 0 radical (unpaired) electrons. The Morgan fingerprint density at radius 3 is 2.54 bits per heavy atom. The molecule has 200 valence electrons. The van der Waals surface area contributed by atoms with E-state index < -0.39 is 0 Å². The smallest absolute Gasteiger partial charge is 0.226 e. The summed E-state index contributed by atoms with van der Waals surface area (Å²) in [7, 11) is 0.